The van der Waals surface area contributed by atoms with E-state index in [4.69, 9.17) is 0 Å². The summed E-state index contributed by atoms with van der Waals surface area (Å²) < 4.78 is 26.4. The fourth-order valence-electron chi connectivity index (χ4n) is 2.67. The summed E-state index contributed by atoms with van der Waals surface area (Å²) in [6.45, 7) is 8.54. The van der Waals surface area contributed by atoms with Gasteiger partial charge in [-0.3, -0.25) is 10.9 Å². The Morgan fingerprint density at radius 2 is 1.87 bits per heavy atom. The van der Waals surface area contributed by atoms with Crippen molar-refractivity contribution in [1.29, 1.82) is 0 Å². The Kier molecular flexibility index (Phi) is 6.55. The molecule has 1 saturated heterocycles. The minimum atomic E-state index is -3.26. The van der Waals surface area contributed by atoms with Gasteiger partial charge in [0.15, 0.2) is 0 Å². The van der Waals surface area contributed by atoms with Crippen molar-refractivity contribution in [3.63, 3.8) is 0 Å². The largest absolute Gasteiger partial charge is 0.312 e. The van der Waals surface area contributed by atoms with Crippen LogP contribution in [0.25, 0.3) is 0 Å². The maximum Gasteiger partial charge on any atom is 0.216 e. The SMILES string of the molecule is CC(C)NS(=O)(=O)Cc1ccc(CNCC2CNNC2C)cc1. The first-order valence-corrected chi connectivity index (χ1v) is 9.78. The van der Waals surface area contributed by atoms with Crippen molar-refractivity contribution in [3.05, 3.63) is 35.4 Å². The van der Waals surface area contributed by atoms with Gasteiger partial charge in [0.1, 0.15) is 0 Å². The summed E-state index contributed by atoms with van der Waals surface area (Å²) in [6, 6.07) is 8.15. The van der Waals surface area contributed by atoms with Crippen LogP contribution in [0.4, 0.5) is 0 Å². The quantitative estimate of drug-likeness (QED) is 0.560. The Bertz CT molecular complexity index is 587. The van der Waals surface area contributed by atoms with Crippen LogP contribution in [-0.4, -0.2) is 33.6 Å². The van der Waals surface area contributed by atoms with E-state index < -0.39 is 10.0 Å². The van der Waals surface area contributed by atoms with Crippen LogP contribution in [0, 0.1) is 5.92 Å². The Balaban J connectivity index is 1.80. The number of hydrogen-bond acceptors (Lipinski definition) is 5. The molecule has 0 amide bonds. The number of hydrazine groups is 1. The molecule has 1 aliphatic rings. The minimum absolute atomic E-state index is 0.0236. The standard InChI is InChI=1S/C16H28N4O2S/c1-12(2)20-23(21,22)11-15-6-4-14(5-7-15)8-17-9-16-10-18-19-13(16)3/h4-7,12-13,16-20H,8-11H2,1-3H3. The van der Waals surface area contributed by atoms with E-state index in [1.807, 2.05) is 38.1 Å². The fraction of sp³-hybridized carbons (Fsp3) is 0.625. The molecule has 0 saturated carbocycles. The predicted molar refractivity (Wildman–Crippen MR) is 93.1 cm³/mol. The third kappa shape index (κ3) is 6.19. The van der Waals surface area contributed by atoms with Gasteiger partial charge in [0.05, 0.1) is 5.75 Å². The molecule has 1 fully saturated rings. The van der Waals surface area contributed by atoms with Crippen molar-refractivity contribution in [2.24, 2.45) is 5.92 Å². The smallest absolute Gasteiger partial charge is 0.216 e. The Labute approximate surface area is 139 Å². The minimum Gasteiger partial charge on any atom is -0.312 e. The molecule has 1 aromatic rings. The maximum atomic E-state index is 11.9. The van der Waals surface area contributed by atoms with Crippen LogP contribution < -0.4 is 20.9 Å². The molecule has 2 unspecified atom stereocenters. The van der Waals surface area contributed by atoms with Crippen LogP contribution in [0.1, 0.15) is 31.9 Å². The molecular formula is C16H28N4O2S. The first kappa shape index (κ1) is 18.4. The lowest BCUT2D eigenvalue weighted by Crippen LogP contribution is -2.32. The van der Waals surface area contributed by atoms with Crippen molar-refractivity contribution in [1.82, 2.24) is 20.9 Å². The highest BCUT2D eigenvalue weighted by molar-refractivity contribution is 7.88. The van der Waals surface area contributed by atoms with Gasteiger partial charge < -0.3 is 5.32 Å². The molecule has 130 valence electrons. The molecule has 7 heteroatoms. The van der Waals surface area contributed by atoms with Crippen molar-refractivity contribution in [2.45, 2.75) is 45.2 Å². The number of benzene rings is 1. The third-order valence-corrected chi connectivity index (χ3v) is 5.48. The first-order chi connectivity index (χ1) is 10.9. The van der Waals surface area contributed by atoms with Crippen LogP contribution in [0.5, 0.6) is 0 Å². The average molecular weight is 340 g/mol. The van der Waals surface area contributed by atoms with Crippen LogP contribution in [0.3, 0.4) is 0 Å². The van der Waals surface area contributed by atoms with Gasteiger partial charge in [-0.1, -0.05) is 24.3 Å². The van der Waals surface area contributed by atoms with Crippen LogP contribution in [0.2, 0.25) is 0 Å². The van der Waals surface area contributed by atoms with Gasteiger partial charge in [-0.05, 0) is 31.9 Å². The van der Waals surface area contributed by atoms with Gasteiger partial charge >= 0.3 is 0 Å². The number of hydrogen-bond donors (Lipinski definition) is 4. The van der Waals surface area contributed by atoms with Gasteiger partial charge in [0.25, 0.3) is 0 Å². The topological polar surface area (TPSA) is 82.3 Å². The summed E-state index contributed by atoms with van der Waals surface area (Å²) >= 11 is 0. The normalized spacial score (nSPS) is 21.9. The molecule has 0 spiro atoms. The summed E-state index contributed by atoms with van der Waals surface area (Å²) in [4.78, 5) is 0. The van der Waals surface area contributed by atoms with Gasteiger partial charge in [-0.2, -0.15) is 0 Å². The molecule has 6 nitrogen and oxygen atoms in total. The van der Waals surface area contributed by atoms with Crippen molar-refractivity contribution in [2.75, 3.05) is 13.1 Å². The van der Waals surface area contributed by atoms with Crippen molar-refractivity contribution < 1.29 is 8.42 Å². The fourth-order valence-corrected chi connectivity index (χ4v) is 4.10. The lowest BCUT2D eigenvalue weighted by atomic mass is 10.0. The molecule has 1 aromatic carbocycles. The van der Waals surface area contributed by atoms with E-state index >= 15 is 0 Å². The number of sulfonamides is 1. The Morgan fingerprint density at radius 1 is 1.22 bits per heavy atom. The lowest BCUT2D eigenvalue weighted by molar-refractivity contribution is 0.454. The molecule has 0 bridgehead atoms. The van der Waals surface area contributed by atoms with Crippen molar-refractivity contribution in [3.8, 4) is 0 Å². The highest BCUT2D eigenvalue weighted by Gasteiger charge is 2.21. The van der Waals surface area contributed by atoms with E-state index in [2.05, 4.69) is 27.8 Å². The number of nitrogens with one attached hydrogen (secondary N) is 4. The second kappa shape index (κ2) is 8.21. The van der Waals surface area contributed by atoms with Gasteiger partial charge in [0, 0.05) is 37.6 Å². The summed E-state index contributed by atoms with van der Waals surface area (Å²) in [7, 11) is -3.26. The van der Waals surface area contributed by atoms with Gasteiger partial charge in [-0.25, -0.2) is 13.1 Å². The van der Waals surface area contributed by atoms with E-state index in [1.165, 1.54) is 0 Å². The molecule has 2 rings (SSSR count). The number of rotatable bonds is 8. The van der Waals surface area contributed by atoms with Crippen molar-refractivity contribution >= 4 is 10.0 Å². The molecule has 2 atom stereocenters. The summed E-state index contributed by atoms with van der Waals surface area (Å²) in [6.07, 6.45) is 0. The van der Waals surface area contributed by atoms with E-state index in [0.29, 0.717) is 12.0 Å². The van der Waals surface area contributed by atoms with Gasteiger partial charge in [-0.15, -0.1) is 0 Å². The average Bonchev–Trinajstić information content (AvgIpc) is 2.84. The molecule has 0 radical (unpaired) electrons. The zero-order valence-electron chi connectivity index (χ0n) is 14.1. The zero-order valence-corrected chi connectivity index (χ0v) is 14.9. The molecule has 4 N–H and O–H groups in total. The van der Waals surface area contributed by atoms with Crippen LogP contribution in [-0.2, 0) is 22.3 Å². The highest BCUT2D eigenvalue weighted by Crippen LogP contribution is 2.09. The summed E-state index contributed by atoms with van der Waals surface area (Å²) in [5, 5.41) is 3.46. The molecule has 23 heavy (non-hydrogen) atoms. The highest BCUT2D eigenvalue weighted by atomic mass is 32.2. The monoisotopic (exact) mass is 340 g/mol. The predicted octanol–water partition coefficient (Wildman–Crippen LogP) is 0.717. The van der Waals surface area contributed by atoms with E-state index in [1.54, 1.807) is 0 Å². The van der Waals surface area contributed by atoms with E-state index in [9.17, 15) is 8.42 Å². The van der Waals surface area contributed by atoms with Crippen LogP contribution in [0.15, 0.2) is 24.3 Å². The molecular weight excluding hydrogens is 312 g/mol. The maximum absolute atomic E-state index is 11.9. The molecule has 1 heterocycles. The first-order valence-electron chi connectivity index (χ1n) is 8.12. The molecule has 1 aliphatic heterocycles. The second-order valence-corrected chi connectivity index (χ2v) is 8.31. The third-order valence-electron chi connectivity index (χ3n) is 3.93. The Morgan fingerprint density at radius 3 is 2.43 bits per heavy atom. The van der Waals surface area contributed by atoms with Crippen LogP contribution >= 0.6 is 0 Å². The zero-order chi connectivity index (χ0) is 16.9. The summed E-state index contributed by atoms with van der Waals surface area (Å²) in [5.74, 6) is 0.608. The van der Waals surface area contributed by atoms with E-state index in [0.717, 1.165) is 30.8 Å². The molecule has 0 aliphatic carbocycles. The second-order valence-electron chi connectivity index (χ2n) is 6.55. The van der Waals surface area contributed by atoms with Gasteiger partial charge in [0.2, 0.25) is 10.0 Å². The lowest BCUT2D eigenvalue weighted by Gasteiger charge is -2.14. The molecule has 0 aromatic heterocycles. The Hall–Kier alpha value is -0.990. The van der Waals surface area contributed by atoms with E-state index in [-0.39, 0.29) is 11.8 Å². The summed E-state index contributed by atoms with van der Waals surface area (Å²) in [5.41, 5.74) is 8.34.